The van der Waals surface area contributed by atoms with Crippen molar-refractivity contribution in [2.45, 2.75) is 6.92 Å². The summed E-state index contributed by atoms with van der Waals surface area (Å²) in [6, 6.07) is 14.0. The van der Waals surface area contributed by atoms with Crippen molar-refractivity contribution in [2.24, 2.45) is 0 Å². The molecule has 0 bridgehead atoms. The number of benzene rings is 2. The van der Waals surface area contributed by atoms with Crippen molar-refractivity contribution in [1.29, 1.82) is 0 Å². The predicted molar refractivity (Wildman–Crippen MR) is 218 cm³/mol. The summed E-state index contributed by atoms with van der Waals surface area (Å²) in [6.07, 6.45) is 0. The smallest absolute Gasteiger partial charge is 0.261 e. The third kappa shape index (κ3) is 24.6. The number of rotatable bonds is 41. The van der Waals surface area contributed by atoms with Gasteiger partial charge in [0.15, 0.2) is 0 Å². The highest BCUT2D eigenvalue weighted by Crippen LogP contribution is 2.22. The maximum Gasteiger partial charge on any atom is 0.261 e. The van der Waals surface area contributed by atoms with E-state index in [0.29, 0.717) is 175 Å². The highest BCUT2D eigenvalue weighted by atomic mass is 16.6. The van der Waals surface area contributed by atoms with Gasteiger partial charge in [-0.1, -0.05) is 12.1 Å². The second-order valence-electron chi connectivity index (χ2n) is 12.7. The third-order valence-electron chi connectivity index (χ3n) is 8.10. The molecule has 2 aromatic rings. The van der Waals surface area contributed by atoms with Crippen LogP contribution in [0.25, 0.3) is 0 Å². The highest BCUT2D eigenvalue weighted by Gasteiger charge is 2.34. The Morgan fingerprint density at radius 2 is 0.700 bits per heavy atom. The molecule has 0 spiro atoms. The van der Waals surface area contributed by atoms with E-state index in [0.717, 1.165) is 5.69 Å². The van der Waals surface area contributed by atoms with Crippen LogP contribution in [-0.4, -0.2) is 194 Å². The van der Waals surface area contributed by atoms with E-state index < -0.39 is 0 Å². The molecule has 0 aliphatic carbocycles. The van der Waals surface area contributed by atoms with E-state index in [4.69, 9.17) is 61.6 Å². The first-order valence-corrected chi connectivity index (χ1v) is 20.4. The van der Waals surface area contributed by atoms with Crippen LogP contribution in [0.2, 0.25) is 0 Å². The van der Waals surface area contributed by atoms with Gasteiger partial charge in [0.05, 0.1) is 176 Å². The molecule has 2 aromatic carbocycles. The number of fused-ring (bicyclic) bond motifs is 1. The number of hydrogen-bond acceptors (Lipinski definition) is 16. The van der Waals surface area contributed by atoms with Crippen molar-refractivity contribution in [2.75, 3.05) is 177 Å². The molecule has 0 aromatic heterocycles. The molecule has 1 N–H and O–H groups in total. The first-order chi connectivity index (χ1) is 29.6. The fourth-order valence-corrected chi connectivity index (χ4v) is 5.18. The molecular weight excluding hydrogens is 788 g/mol. The zero-order valence-electron chi connectivity index (χ0n) is 35.0. The molecule has 0 unspecified atom stereocenters. The van der Waals surface area contributed by atoms with E-state index in [9.17, 15) is 14.4 Å². The van der Waals surface area contributed by atoms with Crippen molar-refractivity contribution < 1.29 is 76.0 Å². The molecule has 0 saturated carbocycles. The maximum absolute atomic E-state index is 12.3. The van der Waals surface area contributed by atoms with Gasteiger partial charge in [-0.3, -0.25) is 19.3 Å². The molecule has 338 valence electrons. The summed E-state index contributed by atoms with van der Waals surface area (Å²) in [5.41, 5.74) is 1.60. The van der Waals surface area contributed by atoms with Gasteiger partial charge < -0.3 is 66.9 Å². The van der Waals surface area contributed by atoms with Crippen molar-refractivity contribution >= 4 is 23.4 Å². The Labute approximate surface area is 353 Å². The monoisotopic (exact) mass is 852 g/mol. The van der Waals surface area contributed by atoms with Crippen LogP contribution in [0.4, 0.5) is 5.69 Å². The van der Waals surface area contributed by atoms with Gasteiger partial charge >= 0.3 is 0 Å². The number of carbonyl (C=O) groups excluding carboxylic acids is 3. The Morgan fingerprint density at radius 1 is 0.417 bits per heavy atom. The molecule has 18 nitrogen and oxygen atoms in total. The molecule has 1 heterocycles. The van der Waals surface area contributed by atoms with Crippen molar-refractivity contribution in [3.8, 4) is 5.75 Å². The van der Waals surface area contributed by atoms with Gasteiger partial charge in [0.25, 0.3) is 11.8 Å². The first kappa shape index (κ1) is 50.7. The fourth-order valence-electron chi connectivity index (χ4n) is 5.18. The van der Waals surface area contributed by atoms with Gasteiger partial charge in [0, 0.05) is 12.6 Å². The van der Waals surface area contributed by atoms with Crippen LogP contribution >= 0.6 is 0 Å². The lowest BCUT2D eigenvalue weighted by Gasteiger charge is -2.13. The number of anilines is 1. The van der Waals surface area contributed by atoms with Crippen LogP contribution in [0.1, 0.15) is 27.6 Å². The molecule has 0 radical (unpaired) electrons. The highest BCUT2D eigenvalue weighted by molar-refractivity contribution is 6.21. The second kappa shape index (κ2) is 35.0. The molecule has 60 heavy (non-hydrogen) atoms. The van der Waals surface area contributed by atoms with Crippen molar-refractivity contribution in [1.82, 2.24) is 4.90 Å². The van der Waals surface area contributed by atoms with Crippen LogP contribution in [0.5, 0.6) is 5.75 Å². The predicted octanol–water partition coefficient (Wildman–Crippen LogP) is 2.52. The third-order valence-corrected chi connectivity index (χ3v) is 8.10. The van der Waals surface area contributed by atoms with E-state index in [1.807, 2.05) is 0 Å². The summed E-state index contributed by atoms with van der Waals surface area (Å²) < 4.78 is 71.5. The number of nitrogens with one attached hydrogen (secondary N) is 1. The topological polar surface area (TPSA) is 186 Å². The molecular formula is C42H64N2O16. The van der Waals surface area contributed by atoms with Gasteiger partial charge in [0.1, 0.15) is 12.4 Å². The minimum Gasteiger partial charge on any atom is -0.491 e. The largest absolute Gasteiger partial charge is 0.491 e. The lowest BCUT2D eigenvalue weighted by atomic mass is 10.1. The Bertz CT molecular complexity index is 1370. The molecule has 18 heteroatoms. The van der Waals surface area contributed by atoms with Gasteiger partial charge in [-0.25, -0.2) is 0 Å². The van der Waals surface area contributed by atoms with E-state index in [1.54, 1.807) is 48.5 Å². The van der Waals surface area contributed by atoms with Crippen LogP contribution in [0, 0.1) is 0 Å². The molecule has 3 rings (SSSR count). The normalized spacial score (nSPS) is 12.4. The maximum atomic E-state index is 12.3. The van der Waals surface area contributed by atoms with E-state index in [2.05, 4.69) is 5.32 Å². The zero-order chi connectivity index (χ0) is 42.6. The standard InChI is InChI=1S/C42H64N2O16/c1-36(45)43-37-6-8-38(9-7-37)60-35-34-59-33-32-58-31-30-57-29-28-56-27-26-55-25-24-54-23-22-53-21-20-52-19-18-51-17-16-50-15-14-49-13-12-48-11-10-44-41(46)39-4-2-3-5-40(39)42(44)47/h2-9H,10-35H2,1H3,(H,43,45). The van der Waals surface area contributed by atoms with Crippen LogP contribution < -0.4 is 10.1 Å². The summed E-state index contributed by atoms with van der Waals surface area (Å²) in [5, 5.41) is 2.71. The van der Waals surface area contributed by atoms with Gasteiger partial charge in [-0.15, -0.1) is 0 Å². The average Bonchev–Trinajstić information content (AvgIpc) is 3.49. The SMILES string of the molecule is CC(=O)Nc1ccc(OCCOCCOCCOCCOCCOCCOCCOCCOCCOCCOCCOCCOCCN2C(=O)c3ccccc3C2=O)cc1. The van der Waals surface area contributed by atoms with Crippen molar-refractivity contribution in [3.05, 3.63) is 59.7 Å². The molecule has 3 amide bonds. The Kier molecular flexibility index (Phi) is 29.6. The Hall–Kier alpha value is -3.63. The minimum absolute atomic E-state index is 0.114. The average molecular weight is 853 g/mol. The number of carbonyl (C=O) groups is 3. The number of nitrogens with zero attached hydrogens (tertiary/aromatic N) is 1. The van der Waals surface area contributed by atoms with Gasteiger partial charge in [-0.2, -0.15) is 0 Å². The second-order valence-corrected chi connectivity index (χ2v) is 12.7. The van der Waals surface area contributed by atoms with Crippen LogP contribution in [0.15, 0.2) is 48.5 Å². The number of hydrogen-bond donors (Lipinski definition) is 1. The lowest BCUT2D eigenvalue weighted by Crippen LogP contribution is -2.33. The quantitative estimate of drug-likeness (QED) is 0.0759. The first-order valence-electron chi connectivity index (χ1n) is 20.4. The van der Waals surface area contributed by atoms with E-state index in [1.165, 1.54) is 11.8 Å². The molecule has 1 aliphatic heterocycles. The Morgan fingerprint density at radius 3 is 1.00 bits per heavy atom. The summed E-state index contributed by atoms with van der Waals surface area (Å²) >= 11 is 0. The van der Waals surface area contributed by atoms with Gasteiger partial charge in [0.2, 0.25) is 5.91 Å². The van der Waals surface area contributed by atoms with Crippen molar-refractivity contribution in [3.63, 3.8) is 0 Å². The molecule has 0 fully saturated rings. The number of imide groups is 1. The molecule has 1 aliphatic rings. The summed E-state index contributed by atoms with van der Waals surface area (Å²) in [7, 11) is 0. The van der Waals surface area contributed by atoms with Gasteiger partial charge in [-0.05, 0) is 36.4 Å². The van der Waals surface area contributed by atoms with E-state index in [-0.39, 0.29) is 30.9 Å². The van der Waals surface area contributed by atoms with Crippen LogP contribution in [-0.2, 0) is 61.6 Å². The summed E-state index contributed by atoms with van der Waals surface area (Å²) in [6.45, 7) is 12.9. The van der Waals surface area contributed by atoms with Crippen LogP contribution in [0.3, 0.4) is 0 Å². The lowest BCUT2D eigenvalue weighted by molar-refractivity contribution is -0.114. The zero-order valence-corrected chi connectivity index (χ0v) is 35.0. The summed E-state index contributed by atoms with van der Waals surface area (Å²) in [4.78, 5) is 36.9. The Balaban J connectivity index is 0.900. The summed E-state index contributed by atoms with van der Waals surface area (Å²) in [5.74, 6) is 0.0315. The molecule has 0 atom stereocenters. The number of ether oxygens (including phenoxy) is 13. The molecule has 0 saturated heterocycles. The van der Waals surface area contributed by atoms with E-state index >= 15 is 0 Å². The number of amides is 3. The minimum atomic E-state index is -0.282. The fraction of sp³-hybridized carbons (Fsp3) is 0.643.